The van der Waals surface area contributed by atoms with Gasteiger partial charge in [0.15, 0.2) is 0 Å². The zero-order valence-corrected chi connectivity index (χ0v) is 26.1. The smallest absolute Gasteiger partial charge is 0.748 e. The minimum Gasteiger partial charge on any atom is -0.748 e. The Balaban J connectivity index is 0.00000400. The molecule has 0 aromatic rings. The molecular formula is C27H44F2NNaO6S. The third-order valence-electron chi connectivity index (χ3n) is 11.2. The Morgan fingerprint density at radius 1 is 1.11 bits per heavy atom. The molecule has 38 heavy (non-hydrogen) atoms. The standard InChI is InChI=1S/C27H45F2NO6S.Na/c1-16(5-8-23(33)30-11-4-12-37(34,35)36)18-6-7-19-24-20(9-10-25(18,19)2)26(3)15-27(28,29)22(32)14-17(26)13-21(24)31;/h16-22,24,31-32H,4-15H2,1-3H3,(H,30,33)(H,34,35,36);/q;+1/p-1/t16-,17-,18-,19+,20+,21+,22-,24+,25-,26+;/m1./s1. The maximum absolute atomic E-state index is 14.7. The summed E-state index contributed by atoms with van der Waals surface area (Å²) in [6.07, 6.45) is 2.87. The zero-order valence-electron chi connectivity index (χ0n) is 23.3. The molecule has 4 aliphatic carbocycles. The van der Waals surface area contributed by atoms with E-state index in [4.69, 9.17) is 0 Å². The van der Waals surface area contributed by atoms with Gasteiger partial charge in [0.2, 0.25) is 5.91 Å². The first kappa shape index (κ1) is 32.7. The summed E-state index contributed by atoms with van der Waals surface area (Å²) in [6, 6.07) is 0. The fraction of sp³-hybridized carbons (Fsp3) is 0.963. The largest absolute Gasteiger partial charge is 1.00 e. The topological polar surface area (TPSA) is 127 Å². The fourth-order valence-electron chi connectivity index (χ4n) is 9.33. The Hall–Kier alpha value is 0.160. The van der Waals surface area contributed by atoms with Crippen molar-refractivity contribution in [2.24, 2.45) is 46.3 Å². The number of halogens is 2. The SMILES string of the molecule is C[C@H](CCC(=O)NCCCS(=O)(=O)[O-])[C@H]1CC[C@H]2[C@@H]3[C@@H](O)C[C@@H]4C[C@@H](O)C(F)(F)C[C@]4(C)[C@H]3CC[C@]12C.[Na+]. The second-order valence-corrected chi connectivity index (χ2v) is 14.7. The van der Waals surface area contributed by atoms with E-state index in [0.717, 1.165) is 25.7 Å². The van der Waals surface area contributed by atoms with Crippen LogP contribution in [0.25, 0.3) is 0 Å². The van der Waals surface area contributed by atoms with Gasteiger partial charge in [-0.15, -0.1) is 0 Å². The van der Waals surface area contributed by atoms with Crippen LogP contribution in [0.2, 0.25) is 0 Å². The van der Waals surface area contributed by atoms with Crippen LogP contribution in [0, 0.1) is 46.3 Å². The monoisotopic (exact) mass is 571 g/mol. The van der Waals surface area contributed by atoms with Gasteiger partial charge in [0.1, 0.15) is 6.10 Å². The van der Waals surface area contributed by atoms with Gasteiger partial charge in [-0.2, -0.15) is 0 Å². The Morgan fingerprint density at radius 2 is 1.76 bits per heavy atom. The van der Waals surface area contributed by atoms with Crippen LogP contribution in [0.4, 0.5) is 8.78 Å². The summed E-state index contributed by atoms with van der Waals surface area (Å²) < 4.78 is 61.5. The van der Waals surface area contributed by atoms with Gasteiger partial charge in [-0.25, -0.2) is 17.2 Å². The quantitative estimate of drug-likeness (QED) is 0.224. The molecule has 4 saturated carbocycles. The molecule has 0 aromatic carbocycles. The number of rotatable bonds is 8. The van der Waals surface area contributed by atoms with Crippen LogP contribution in [0.15, 0.2) is 0 Å². The summed E-state index contributed by atoms with van der Waals surface area (Å²) in [5.74, 6) is -2.89. The third-order valence-corrected chi connectivity index (χ3v) is 12.0. The van der Waals surface area contributed by atoms with E-state index < -0.39 is 39.4 Å². The van der Waals surface area contributed by atoms with Crippen LogP contribution in [-0.4, -0.2) is 59.5 Å². The summed E-state index contributed by atoms with van der Waals surface area (Å²) in [5, 5.41) is 24.1. The third kappa shape index (κ3) is 6.31. The molecule has 10 atom stereocenters. The Bertz CT molecular complexity index is 969. The van der Waals surface area contributed by atoms with Gasteiger partial charge in [0.05, 0.1) is 16.2 Å². The van der Waals surface area contributed by atoms with Crippen LogP contribution < -0.4 is 34.9 Å². The molecule has 0 unspecified atom stereocenters. The van der Waals surface area contributed by atoms with Gasteiger partial charge in [-0.3, -0.25) is 4.79 Å². The molecule has 0 heterocycles. The number of fused-ring (bicyclic) bond motifs is 5. The normalized spacial score (nSPS) is 42.7. The van der Waals surface area contributed by atoms with Crippen molar-refractivity contribution < 1.29 is 66.3 Å². The van der Waals surface area contributed by atoms with Crippen LogP contribution in [0.3, 0.4) is 0 Å². The maximum Gasteiger partial charge on any atom is 1.00 e. The van der Waals surface area contributed by atoms with Crippen molar-refractivity contribution in [2.45, 2.75) is 103 Å². The molecule has 3 N–H and O–H groups in total. The molecule has 0 radical (unpaired) electrons. The van der Waals surface area contributed by atoms with Gasteiger partial charge in [-0.1, -0.05) is 20.8 Å². The Morgan fingerprint density at radius 3 is 2.42 bits per heavy atom. The molecule has 11 heteroatoms. The predicted octanol–water partition coefficient (Wildman–Crippen LogP) is 0.694. The average Bonchev–Trinajstić information content (AvgIpc) is 3.13. The molecule has 0 saturated heterocycles. The van der Waals surface area contributed by atoms with E-state index in [1.807, 2.05) is 6.92 Å². The van der Waals surface area contributed by atoms with Gasteiger partial charge < -0.3 is 20.1 Å². The average molecular weight is 572 g/mol. The van der Waals surface area contributed by atoms with E-state index in [9.17, 15) is 36.8 Å². The zero-order chi connectivity index (χ0) is 27.4. The molecular weight excluding hydrogens is 527 g/mol. The first-order valence-corrected chi connectivity index (χ1v) is 15.6. The predicted molar refractivity (Wildman–Crippen MR) is 134 cm³/mol. The van der Waals surface area contributed by atoms with Crippen molar-refractivity contribution >= 4 is 16.0 Å². The summed E-state index contributed by atoms with van der Waals surface area (Å²) >= 11 is 0. The second kappa shape index (κ2) is 11.8. The Labute approximate surface area is 248 Å². The fourth-order valence-corrected chi connectivity index (χ4v) is 9.83. The van der Waals surface area contributed by atoms with E-state index in [1.54, 1.807) is 0 Å². The van der Waals surface area contributed by atoms with Crippen LogP contribution in [0.5, 0.6) is 0 Å². The minimum absolute atomic E-state index is 0. The molecule has 0 aliphatic heterocycles. The first-order chi connectivity index (χ1) is 17.1. The Kier molecular flexibility index (Phi) is 10.1. The van der Waals surface area contributed by atoms with Gasteiger partial charge in [-0.05, 0) is 97.7 Å². The first-order valence-electron chi connectivity index (χ1n) is 14.0. The van der Waals surface area contributed by atoms with E-state index in [2.05, 4.69) is 19.2 Å². The summed E-state index contributed by atoms with van der Waals surface area (Å²) in [4.78, 5) is 12.3. The minimum atomic E-state index is -4.28. The van der Waals surface area contributed by atoms with Crippen molar-refractivity contribution in [2.75, 3.05) is 12.3 Å². The maximum atomic E-state index is 14.7. The van der Waals surface area contributed by atoms with Crippen molar-refractivity contribution in [1.29, 1.82) is 0 Å². The molecule has 0 bridgehead atoms. The van der Waals surface area contributed by atoms with Crippen LogP contribution >= 0.6 is 0 Å². The number of aliphatic hydroxyl groups excluding tert-OH is 2. The molecule has 1 amide bonds. The molecule has 0 aromatic heterocycles. The number of carbonyl (C=O) groups is 1. The van der Waals surface area contributed by atoms with Crippen molar-refractivity contribution in [1.82, 2.24) is 5.32 Å². The van der Waals surface area contributed by atoms with Crippen LogP contribution in [0.1, 0.15) is 85.0 Å². The van der Waals surface area contributed by atoms with Crippen molar-refractivity contribution in [3.63, 3.8) is 0 Å². The molecule has 4 fully saturated rings. The van der Waals surface area contributed by atoms with E-state index in [0.29, 0.717) is 25.2 Å². The number of aliphatic hydroxyl groups is 2. The van der Waals surface area contributed by atoms with E-state index >= 15 is 0 Å². The molecule has 4 rings (SSSR count). The number of hydrogen-bond acceptors (Lipinski definition) is 6. The van der Waals surface area contributed by atoms with Gasteiger partial charge in [0.25, 0.3) is 5.92 Å². The number of carbonyl (C=O) groups excluding carboxylic acids is 1. The molecule has 214 valence electrons. The van der Waals surface area contributed by atoms with E-state index in [-0.39, 0.29) is 96.3 Å². The molecule has 0 spiro atoms. The number of alkyl halides is 2. The summed E-state index contributed by atoms with van der Waals surface area (Å²) in [7, 11) is -4.28. The molecule has 7 nitrogen and oxygen atoms in total. The number of nitrogens with one attached hydrogen (secondary N) is 1. The van der Waals surface area contributed by atoms with Crippen LogP contribution in [-0.2, 0) is 14.9 Å². The summed E-state index contributed by atoms with van der Waals surface area (Å²) in [6.45, 7) is 6.60. The van der Waals surface area contributed by atoms with E-state index in [1.165, 1.54) is 0 Å². The van der Waals surface area contributed by atoms with Crippen molar-refractivity contribution in [3.8, 4) is 0 Å². The summed E-state index contributed by atoms with van der Waals surface area (Å²) in [5.41, 5.74) is -0.596. The second-order valence-electron chi connectivity index (χ2n) is 13.2. The molecule has 4 aliphatic rings. The number of hydrogen-bond donors (Lipinski definition) is 3. The van der Waals surface area contributed by atoms with Gasteiger partial charge in [0, 0.05) is 25.1 Å². The van der Waals surface area contributed by atoms with Gasteiger partial charge >= 0.3 is 29.6 Å². The number of amides is 1. The van der Waals surface area contributed by atoms with Crippen molar-refractivity contribution in [3.05, 3.63) is 0 Å².